The van der Waals surface area contributed by atoms with Crippen LogP contribution in [-0.2, 0) is 16.4 Å². The molecule has 0 saturated carbocycles. The Morgan fingerprint density at radius 2 is 1.95 bits per heavy atom. The van der Waals surface area contributed by atoms with Gasteiger partial charge in [0.1, 0.15) is 0 Å². The monoisotopic (exact) mass is 287 g/mol. The van der Waals surface area contributed by atoms with Crippen LogP contribution < -0.4 is 4.72 Å². The van der Waals surface area contributed by atoms with E-state index in [0.717, 1.165) is 11.1 Å². The van der Waals surface area contributed by atoms with Crippen LogP contribution in [0.4, 0.5) is 5.69 Å². The molecule has 0 bridgehead atoms. The van der Waals surface area contributed by atoms with E-state index in [2.05, 4.69) is 9.71 Å². The molecule has 0 aliphatic carbocycles. The van der Waals surface area contributed by atoms with Crippen molar-refractivity contribution in [1.29, 1.82) is 5.26 Å². The van der Waals surface area contributed by atoms with Crippen molar-refractivity contribution in [3.8, 4) is 6.07 Å². The fraction of sp³-hybridized carbons (Fsp3) is 0.143. The highest BCUT2D eigenvalue weighted by molar-refractivity contribution is 7.92. The Kier molecular flexibility index (Phi) is 4.01. The minimum Gasteiger partial charge on any atom is -0.278 e. The Bertz CT molecular complexity index is 747. The maximum absolute atomic E-state index is 12.2. The smallest absolute Gasteiger partial charge is 0.261 e. The summed E-state index contributed by atoms with van der Waals surface area (Å²) in [5.74, 6) is 0. The lowest BCUT2D eigenvalue weighted by Crippen LogP contribution is -2.13. The third-order valence-corrected chi connectivity index (χ3v) is 4.18. The van der Waals surface area contributed by atoms with E-state index in [9.17, 15) is 8.42 Å². The molecule has 1 aromatic heterocycles. The van der Waals surface area contributed by atoms with E-state index in [1.807, 2.05) is 6.07 Å². The molecular formula is C14H13N3O2S. The van der Waals surface area contributed by atoms with E-state index >= 15 is 0 Å². The summed E-state index contributed by atoms with van der Waals surface area (Å²) in [4.78, 5) is 4.05. The van der Waals surface area contributed by atoms with Gasteiger partial charge in [0.25, 0.3) is 10.0 Å². The average molecular weight is 287 g/mol. The summed E-state index contributed by atoms with van der Waals surface area (Å²) in [7, 11) is -3.64. The van der Waals surface area contributed by atoms with Crippen LogP contribution in [0.25, 0.3) is 0 Å². The molecule has 1 aromatic carbocycles. The molecule has 0 amide bonds. The Morgan fingerprint density at radius 3 is 2.55 bits per heavy atom. The molecule has 0 radical (unpaired) electrons. The lowest BCUT2D eigenvalue weighted by atomic mass is 10.2. The Morgan fingerprint density at radius 1 is 1.25 bits per heavy atom. The number of hydrogen-bond acceptors (Lipinski definition) is 4. The molecule has 5 nitrogen and oxygen atoms in total. The van der Waals surface area contributed by atoms with Crippen molar-refractivity contribution in [1.82, 2.24) is 4.98 Å². The number of aryl methyl sites for hydroxylation is 1. The molecule has 0 saturated heterocycles. The third kappa shape index (κ3) is 3.13. The van der Waals surface area contributed by atoms with Gasteiger partial charge < -0.3 is 0 Å². The van der Waals surface area contributed by atoms with Gasteiger partial charge in [0.15, 0.2) is 0 Å². The number of benzene rings is 1. The normalized spacial score (nSPS) is 10.8. The minimum atomic E-state index is -3.64. The molecule has 1 heterocycles. The second-order valence-corrected chi connectivity index (χ2v) is 5.96. The zero-order valence-corrected chi connectivity index (χ0v) is 11.7. The second kappa shape index (κ2) is 5.72. The molecule has 0 spiro atoms. The van der Waals surface area contributed by atoms with E-state index in [-0.39, 0.29) is 11.3 Å². The van der Waals surface area contributed by atoms with Gasteiger partial charge in [-0.25, -0.2) is 8.42 Å². The van der Waals surface area contributed by atoms with Gasteiger partial charge >= 0.3 is 0 Å². The molecule has 102 valence electrons. The molecule has 2 aromatic rings. The van der Waals surface area contributed by atoms with Crippen LogP contribution in [0.15, 0.2) is 47.6 Å². The van der Waals surface area contributed by atoms with E-state index in [1.165, 1.54) is 18.3 Å². The summed E-state index contributed by atoms with van der Waals surface area (Å²) in [6.45, 7) is 1.80. The number of aromatic nitrogens is 1. The molecular weight excluding hydrogens is 274 g/mol. The molecule has 0 atom stereocenters. The Hall–Kier alpha value is -2.39. The number of rotatable bonds is 4. The topological polar surface area (TPSA) is 82.8 Å². The van der Waals surface area contributed by atoms with Gasteiger partial charge in [0.05, 0.1) is 29.3 Å². The van der Waals surface area contributed by atoms with Crippen LogP contribution in [0.1, 0.15) is 11.1 Å². The fourth-order valence-corrected chi connectivity index (χ4v) is 2.77. The molecule has 1 N–H and O–H groups in total. The van der Waals surface area contributed by atoms with Crippen LogP contribution in [0.5, 0.6) is 0 Å². The van der Waals surface area contributed by atoms with E-state index in [1.54, 1.807) is 31.3 Å². The van der Waals surface area contributed by atoms with Crippen LogP contribution in [0.2, 0.25) is 0 Å². The van der Waals surface area contributed by atoms with Gasteiger partial charge in [0, 0.05) is 6.20 Å². The number of anilines is 1. The summed E-state index contributed by atoms with van der Waals surface area (Å²) in [5, 5.41) is 8.59. The molecule has 6 heteroatoms. The van der Waals surface area contributed by atoms with Crippen molar-refractivity contribution >= 4 is 15.7 Å². The number of sulfonamides is 1. The predicted molar refractivity (Wildman–Crippen MR) is 75.5 cm³/mol. The number of hydrogen-bond donors (Lipinski definition) is 1. The fourth-order valence-electron chi connectivity index (χ4n) is 1.65. The van der Waals surface area contributed by atoms with Crippen molar-refractivity contribution in [2.75, 3.05) is 4.72 Å². The van der Waals surface area contributed by atoms with Crippen molar-refractivity contribution < 1.29 is 8.42 Å². The summed E-state index contributed by atoms with van der Waals surface area (Å²) in [6.07, 6.45) is 3.33. The van der Waals surface area contributed by atoms with Gasteiger partial charge in [0.2, 0.25) is 0 Å². The third-order valence-electron chi connectivity index (χ3n) is 2.80. The highest BCUT2D eigenvalue weighted by atomic mass is 32.2. The first kappa shape index (κ1) is 14.0. The zero-order valence-electron chi connectivity index (χ0n) is 10.9. The molecule has 0 aliphatic heterocycles. The van der Waals surface area contributed by atoms with Crippen LogP contribution in [0.3, 0.4) is 0 Å². The van der Waals surface area contributed by atoms with Crippen LogP contribution >= 0.6 is 0 Å². The number of nitrogens with zero attached hydrogens (tertiary/aromatic N) is 2. The SMILES string of the molecule is Cc1ccncc1NS(=O)(=O)c1ccc(CC#N)cc1. The molecule has 0 fully saturated rings. The maximum Gasteiger partial charge on any atom is 0.261 e. The minimum absolute atomic E-state index is 0.155. The van der Waals surface area contributed by atoms with Gasteiger partial charge in [-0.2, -0.15) is 5.26 Å². The van der Waals surface area contributed by atoms with Crippen molar-refractivity contribution in [2.45, 2.75) is 18.2 Å². The number of nitrogens with one attached hydrogen (secondary N) is 1. The highest BCUT2D eigenvalue weighted by Gasteiger charge is 2.15. The standard InChI is InChI=1S/C14H13N3O2S/c1-11-7-9-16-10-14(11)17-20(18,19)13-4-2-12(3-5-13)6-8-15/h2-5,7,9-10,17H,6H2,1H3. The van der Waals surface area contributed by atoms with Crippen molar-refractivity contribution in [2.24, 2.45) is 0 Å². The summed E-state index contributed by atoms with van der Waals surface area (Å²) in [5.41, 5.74) is 2.03. The van der Waals surface area contributed by atoms with Crippen molar-refractivity contribution in [3.63, 3.8) is 0 Å². The highest BCUT2D eigenvalue weighted by Crippen LogP contribution is 2.18. The van der Waals surface area contributed by atoms with E-state index < -0.39 is 10.0 Å². The van der Waals surface area contributed by atoms with Crippen LogP contribution in [-0.4, -0.2) is 13.4 Å². The first-order valence-corrected chi connectivity index (χ1v) is 7.40. The lowest BCUT2D eigenvalue weighted by molar-refractivity contribution is 0.601. The quantitative estimate of drug-likeness (QED) is 0.935. The number of nitriles is 1. The van der Waals surface area contributed by atoms with Gasteiger partial charge in [-0.15, -0.1) is 0 Å². The zero-order chi connectivity index (χ0) is 14.6. The Balaban J connectivity index is 2.27. The lowest BCUT2D eigenvalue weighted by Gasteiger charge is -2.10. The largest absolute Gasteiger partial charge is 0.278 e. The summed E-state index contributed by atoms with van der Waals surface area (Å²) < 4.78 is 26.9. The average Bonchev–Trinajstić information content (AvgIpc) is 2.42. The molecule has 0 aliphatic rings. The molecule has 20 heavy (non-hydrogen) atoms. The predicted octanol–water partition coefficient (Wildman–Crippen LogP) is 2.26. The van der Waals surface area contributed by atoms with Gasteiger partial charge in [-0.05, 0) is 36.2 Å². The number of pyridine rings is 1. The molecule has 2 rings (SSSR count). The summed E-state index contributed by atoms with van der Waals surface area (Å²) in [6, 6.07) is 9.99. The molecule has 0 unspecified atom stereocenters. The second-order valence-electron chi connectivity index (χ2n) is 4.27. The maximum atomic E-state index is 12.2. The van der Waals surface area contributed by atoms with E-state index in [4.69, 9.17) is 5.26 Å². The Labute approximate surface area is 118 Å². The first-order chi connectivity index (χ1) is 9.53. The van der Waals surface area contributed by atoms with Gasteiger partial charge in [-0.3, -0.25) is 9.71 Å². The van der Waals surface area contributed by atoms with E-state index in [0.29, 0.717) is 5.69 Å². The summed E-state index contributed by atoms with van der Waals surface area (Å²) >= 11 is 0. The van der Waals surface area contributed by atoms with Gasteiger partial charge in [-0.1, -0.05) is 12.1 Å². The van der Waals surface area contributed by atoms with Crippen LogP contribution in [0, 0.1) is 18.3 Å². The first-order valence-electron chi connectivity index (χ1n) is 5.92. The van der Waals surface area contributed by atoms with Crippen molar-refractivity contribution in [3.05, 3.63) is 53.9 Å².